The van der Waals surface area contributed by atoms with Crippen LogP contribution in [0.3, 0.4) is 0 Å². The summed E-state index contributed by atoms with van der Waals surface area (Å²) in [6.45, 7) is 0.883. The summed E-state index contributed by atoms with van der Waals surface area (Å²) in [7, 11) is 7.85. The van der Waals surface area contributed by atoms with Gasteiger partial charge in [-0.3, -0.25) is 0 Å². The van der Waals surface area contributed by atoms with Gasteiger partial charge in [0.15, 0.2) is 5.82 Å². The summed E-state index contributed by atoms with van der Waals surface area (Å²) in [5.74, 6) is 0.770. The fourth-order valence-corrected chi connectivity index (χ4v) is 1.90. The molecule has 0 saturated heterocycles. The fraction of sp³-hybridized carbons (Fsp3) is 0.417. The van der Waals surface area contributed by atoms with E-state index in [1.807, 2.05) is 20.2 Å². The monoisotopic (exact) mass is 246 g/mol. The second-order valence-electron chi connectivity index (χ2n) is 4.53. The van der Waals surface area contributed by atoms with Gasteiger partial charge in [0.05, 0.1) is 0 Å². The molecule has 0 amide bonds. The SMILES string of the molecule is CNc1cc(CN(C)C)cc(-c2nnnn2C)c1. The molecule has 0 aliphatic carbocycles. The number of aromatic nitrogens is 4. The molecule has 1 N–H and O–H groups in total. The number of nitrogens with zero attached hydrogens (tertiary/aromatic N) is 5. The first-order valence-corrected chi connectivity index (χ1v) is 5.79. The minimum absolute atomic E-state index is 0.770. The molecule has 0 saturated carbocycles. The molecule has 18 heavy (non-hydrogen) atoms. The van der Waals surface area contributed by atoms with Gasteiger partial charge in [-0.2, -0.15) is 0 Å². The molecule has 6 nitrogen and oxygen atoms in total. The standard InChI is InChI=1S/C12H18N6/c1-13-11-6-9(8-17(2)3)5-10(7-11)12-14-15-16-18(12)4/h5-7,13H,8H2,1-4H3. The molecule has 1 aromatic carbocycles. The van der Waals surface area contributed by atoms with Gasteiger partial charge in [0.2, 0.25) is 0 Å². The van der Waals surface area contributed by atoms with Crippen LogP contribution in [-0.4, -0.2) is 46.3 Å². The van der Waals surface area contributed by atoms with Crippen LogP contribution >= 0.6 is 0 Å². The van der Waals surface area contributed by atoms with Gasteiger partial charge in [0.25, 0.3) is 0 Å². The molecule has 0 aliphatic rings. The average molecular weight is 246 g/mol. The Labute approximate surface area is 107 Å². The minimum atomic E-state index is 0.770. The van der Waals surface area contributed by atoms with Crippen molar-refractivity contribution in [3.05, 3.63) is 23.8 Å². The molecule has 2 aromatic rings. The van der Waals surface area contributed by atoms with E-state index in [1.165, 1.54) is 5.56 Å². The molecular formula is C12H18N6. The smallest absolute Gasteiger partial charge is 0.181 e. The van der Waals surface area contributed by atoms with Gasteiger partial charge in [-0.05, 0) is 48.3 Å². The molecular weight excluding hydrogens is 228 g/mol. The lowest BCUT2D eigenvalue weighted by atomic mass is 10.1. The Balaban J connectivity index is 2.44. The Morgan fingerprint density at radius 3 is 2.61 bits per heavy atom. The zero-order valence-electron chi connectivity index (χ0n) is 11.2. The van der Waals surface area contributed by atoms with E-state index in [0.29, 0.717) is 0 Å². The quantitative estimate of drug-likeness (QED) is 0.871. The molecule has 0 radical (unpaired) electrons. The van der Waals surface area contributed by atoms with E-state index >= 15 is 0 Å². The van der Waals surface area contributed by atoms with Crippen LogP contribution in [0.2, 0.25) is 0 Å². The van der Waals surface area contributed by atoms with Gasteiger partial charge in [0.1, 0.15) is 0 Å². The van der Waals surface area contributed by atoms with Gasteiger partial charge in [-0.1, -0.05) is 0 Å². The average Bonchev–Trinajstić information content (AvgIpc) is 2.74. The maximum atomic E-state index is 4.04. The number of hydrogen-bond acceptors (Lipinski definition) is 5. The highest BCUT2D eigenvalue weighted by atomic mass is 15.5. The highest BCUT2D eigenvalue weighted by molar-refractivity contribution is 5.64. The maximum Gasteiger partial charge on any atom is 0.181 e. The highest BCUT2D eigenvalue weighted by Crippen LogP contribution is 2.22. The third-order valence-corrected chi connectivity index (χ3v) is 2.66. The molecule has 1 heterocycles. The molecule has 0 unspecified atom stereocenters. The number of rotatable bonds is 4. The van der Waals surface area contributed by atoms with Crippen LogP contribution < -0.4 is 5.32 Å². The van der Waals surface area contributed by atoms with Crippen molar-refractivity contribution in [2.45, 2.75) is 6.54 Å². The van der Waals surface area contributed by atoms with Crippen LogP contribution in [-0.2, 0) is 13.6 Å². The van der Waals surface area contributed by atoms with Crippen molar-refractivity contribution in [3.8, 4) is 11.4 Å². The van der Waals surface area contributed by atoms with E-state index in [2.05, 4.69) is 52.0 Å². The Hall–Kier alpha value is -1.95. The van der Waals surface area contributed by atoms with Crippen molar-refractivity contribution in [2.24, 2.45) is 7.05 Å². The molecule has 0 atom stereocenters. The third kappa shape index (κ3) is 2.65. The van der Waals surface area contributed by atoms with Crippen molar-refractivity contribution in [1.82, 2.24) is 25.1 Å². The molecule has 0 aliphatic heterocycles. The topological polar surface area (TPSA) is 58.9 Å². The lowest BCUT2D eigenvalue weighted by Crippen LogP contribution is -2.11. The van der Waals surface area contributed by atoms with E-state index < -0.39 is 0 Å². The minimum Gasteiger partial charge on any atom is -0.388 e. The van der Waals surface area contributed by atoms with Crippen LogP contribution in [0, 0.1) is 0 Å². The molecule has 2 rings (SSSR count). The summed E-state index contributed by atoms with van der Waals surface area (Å²) in [5.41, 5.74) is 3.31. The summed E-state index contributed by atoms with van der Waals surface area (Å²) in [5, 5.41) is 14.7. The second-order valence-corrected chi connectivity index (χ2v) is 4.53. The first kappa shape index (κ1) is 12.5. The summed E-state index contributed by atoms with van der Waals surface area (Å²) in [4.78, 5) is 2.13. The number of aryl methyl sites for hydroxylation is 1. The summed E-state index contributed by atoms with van der Waals surface area (Å²) in [6.07, 6.45) is 0. The zero-order valence-corrected chi connectivity index (χ0v) is 11.2. The van der Waals surface area contributed by atoms with Crippen molar-refractivity contribution in [2.75, 3.05) is 26.5 Å². The number of benzene rings is 1. The normalized spacial score (nSPS) is 10.9. The number of anilines is 1. The van der Waals surface area contributed by atoms with E-state index in [0.717, 1.165) is 23.6 Å². The van der Waals surface area contributed by atoms with Gasteiger partial charge >= 0.3 is 0 Å². The van der Waals surface area contributed by atoms with Crippen molar-refractivity contribution >= 4 is 5.69 Å². The Morgan fingerprint density at radius 2 is 2.06 bits per heavy atom. The largest absolute Gasteiger partial charge is 0.388 e. The predicted octanol–water partition coefficient (Wildman–Crippen LogP) is 0.980. The Kier molecular flexibility index (Phi) is 3.57. The second kappa shape index (κ2) is 5.14. The molecule has 0 fully saturated rings. The van der Waals surface area contributed by atoms with Crippen molar-refractivity contribution < 1.29 is 0 Å². The Morgan fingerprint density at radius 1 is 1.28 bits per heavy atom. The third-order valence-electron chi connectivity index (χ3n) is 2.66. The van der Waals surface area contributed by atoms with E-state index in [-0.39, 0.29) is 0 Å². The lowest BCUT2D eigenvalue weighted by molar-refractivity contribution is 0.402. The molecule has 0 spiro atoms. The zero-order chi connectivity index (χ0) is 13.1. The first-order chi connectivity index (χ1) is 8.60. The summed E-state index contributed by atoms with van der Waals surface area (Å²) < 4.78 is 1.67. The van der Waals surface area contributed by atoms with Crippen LogP contribution in [0.1, 0.15) is 5.56 Å². The molecule has 0 bridgehead atoms. The van der Waals surface area contributed by atoms with Crippen molar-refractivity contribution in [3.63, 3.8) is 0 Å². The van der Waals surface area contributed by atoms with Gasteiger partial charge < -0.3 is 10.2 Å². The van der Waals surface area contributed by atoms with E-state index in [1.54, 1.807) is 4.68 Å². The molecule has 96 valence electrons. The summed E-state index contributed by atoms with van der Waals surface area (Å²) in [6, 6.07) is 6.30. The molecule has 1 aromatic heterocycles. The van der Waals surface area contributed by atoms with E-state index in [4.69, 9.17) is 0 Å². The maximum absolute atomic E-state index is 4.04. The predicted molar refractivity (Wildman–Crippen MR) is 71.2 cm³/mol. The first-order valence-electron chi connectivity index (χ1n) is 5.79. The fourth-order valence-electron chi connectivity index (χ4n) is 1.90. The number of nitrogens with one attached hydrogen (secondary N) is 1. The van der Waals surface area contributed by atoms with Crippen LogP contribution in [0.15, 0.2) is 18.2 Å². The van der Waals surface area contributed by atoms with Crippen molar-refractivity contribution in [1.29, 1.82) is 0 Å². The number of tetrazole rings is 1. The van der Waals surface area contributed by atoms with Crippen LogP contribution in [0.4, 0.5) is 5.69 Å². The van der Waals surface area contributed by atoms with Gasteiger partial charge in [-0.15, -0.1) is 5.10 Å². The van der Waals surface area contributed by atoms with Crippen LogP contribution in [0.25, 0.3) is 11.4 Å². The highest BCUT2D eigenvalue weighted by Gasteiger charge is 2.09. The number of hydrogen-bond donors (Lipinski definition) is 1. The van der Waals surface area contributed by atoms with E-state index in [9.17, 15) is 0 Å². The summed E-state index contributed by atoms with van der Waals surface area (Å²) >= 11 is 0. The van der Waals surface area contributed by atoms with Gasteiger partial charge in [0, 0.05) is 31.9 Å². The van der Waals surface area contributed by atoms with Crippen LogP contribution in [0.5, 0.6) is 0 Å². The lowest BCUT2D eigenvalue weighted by Gasteiger charge is -2.13. The molecule has 6 heteroatoms. The van der Waals surface area contributed by atoms with Gasteiger partial charge in [-0.25, -0.2) is 4.68 Å². The Bertz CT molecular complexity index is 531.